The summed E-state index contributed by atoms with van der Waals surface area (Å²) in [7, 11) is 1.67. The Balaban J connectivity index is 1.68. The van der Waals surface area contributed by atoms with E-state index in [0.29, 0.717) is 6.79 Å². The average molecular weight is 341 g/mol. The molecular formula is C20H27N3O2. The fourth-order valence-electron chi connectivity index (χ4n) is 4.32. The van der Waals surface area contributed by atoms with Gasteiger partial charge in [-0.15, -0.1) is 10.2 Å². The molecule has 2 heterocycles. The summed E-state index contributed by atoms with van der Waals surface area (Å²) in [6.45, 7) is 1.39. The molecule has 2 aromatic rings. The maximum atomic E-state index is 5.81. The van der Waals surface area contributed by atoms with E-state index in [9.17, 15) is 0 Å². The van der Waals surface area contributed by atoms with Gasteiger partial charge in [-0.25, -0.2) is 0 Å². The van der Waals surface area contributed by atoms with Gasteiger partial charge in [0.15, 0.2) is 0 Å². The molecule has 1 aliphatic carbocycles. The van der Waals surface area contributed by atoms with E-state index < -0.39 is 0 Å². The van der Waals surface area contributed by atoms with Crippen molar-refractivity contribution in [2.75, 3.05) is 13.9 Å². The van der Waals surface area contributed by atoms with Crippen LogP contribution in [0.15, 0.2) is 30.3 Å². The second-order valence-corrected chi connectivity index (χ2v) is 7.31. The van der Waals surface area contributed by atoms with Crippen molar-refractivity contribution >= 4 is 0 Å². The van der Waals surface area contributed by atoms with Gasteiger partial charge in [0, 0.05) is 20.1 Å². The van der Waals surface area contributed by atoms with Gasteiger partial charge in [0.05, 0.1) is 11.5 Å². The van der Waals surface area contributed by atoms with E-state index in [2.05, 4.69) is 40.0 Å². The topological polar surface area (TPSA) is 49.2 Å². The molecule has 0 radical (unpaired) electrons. The SMILES string of the molecule is COCOC1CC(c2ccccc2)(c2nnc3n2CCCCCC3)C1. The zero-order valence-electron chi connectivity index (χ0n) is 15.0. The quantitative estimate of drug-likeness (QED) is 0.782. The highest BCUT2D eigenvalue weighted by molar-refractivity contribution is 5.37. The Morgan fingerprint density at radius 3 is 2.68 bits per heavy atom. The predicted octanol–water partition coefficient (Wildman–Crippen LogP) is 3.46. The van der Waals surface area contributed by atoms with Gasteiger partial charge in [-0.1, -0.05) is 43.2 Å². The second-order valence-electron chi connectivity index (χ2n) is 7.31. The summed E-state index contributed by atoms with van der Waals surface area (Å²) < 4.78 is 13.3. The van der Waals surface area contributed by atoms with Crippen molar-refractivity contribution in [1.82, 2.24) is 14.8 Å². The van der Waals surface area contributed by atoms with Gasteiger partial charge >= 0.3 is 0 Å². The summed E-state index contributed by atoms with van der Waals surface area (Å²) in [6.07, 6.45) is 8.19. The Morgan fingerprint density at radius 1 is 1.08 bits per heavy atom. The minimum Gasteiger partial charge on any atom is -0.359 e. The van der Waals surface area contributed by atoms with Gasteiger partial charge in [-0.05, 0) is 31.2 Å². The van der Waals surface area contributed by atoms with Crippen LogP contribution in [0, 0.1) is 0 Å². The lowest BCUT2D eigenvalue weighted by molar-refractivity contribution is -0.116. The largest absolute Gasteiger partial charge is 0.359 e. The molecule has 0 saturated heterocycles. The first-order valence-corrected chi connectivity index (χ1v) is 9.42. The molecule has 5 heteroatoms. The number of hydrogen-bond donors (Lipinski definition) is 0. The fraction of sp³-hybridized carbons (Fsp3) is 0.600. The number of aromatic nitrogens is 3. The molecule has 0 N–H and O–H groups in total. The highest BCUT2D eigenvalue weighted by atomic mass is 16.7. The highest BCUT2D eigenvalue weighted by Gasteiger charge is 2.51. The maximum absolute atomic E-state index is 5.81. The molecule has 0 amide bonds. The fourth-order valence-corrected chi connectivity index (χ4v) is 4.32. The van der Waals surface area contributed by atoms with Crippen LogP contribution >= 0.6 is 0 Å². The van der Waals surface area contributed by atoms with Crippen LogP contribution in [0.3, 0.4) is 0 Å². The molecule has 0 spiro atoms. The minimum absolute atomic E-state index is 0.0793. The van der Waals surface area contributed by atoms with E-state index in [1.54, 1.807) is 7.11 Å². The lowest BCUT2D eigenvalue weighted by Gasteiger charge is -2.47. The first-order valence-electron chi connectivity index (χ1n) is 9.42. The number of benzene rings is 1. The highest BCUT2D eigenvalue weighted by Crippen LogP contribution is 2.49. The molecule has 0 unspecified atom stereocenters. The molecular weight excluding hydrogens is 314 g/mol. The first-order chi connectivity index (χ1) is 12.3. The molecule has 2 aliphatic rings. The standard InChI is InChI=1S/C20H27N3O2/c1-24-15-25-17-13-20(14-17,16-9-5-4-6-10-16)19-22-21-18-11-7-2-3-8-12-23(18)19/h4-6,9-10,17H,2-3,7-8,11-15H2,1H3. The third-order valence-electron chi connectivity index (χ3n) is 5.69. The number of aryl methyl sites for hydroxylation is 1. The predicted molar refractivity (Wildman–Crippen MR) is 95.4 cm³/mol. The normalized spacial score (nSPS) is 26.4. The molecule has 0 atom stereocenters. The van der Waals surface area contributed by atoms with Gasteiger partial charge in [-0.3, -0.25) is 0 Å². The summed E-state index contributed by atoms with van der Waals surface area (Å²) in [6, 6.07) is 10.7. The van der Waals surface area contributed by atoms with E-state index >= 15 is 0 Å². The Kier molecular flexibility index (Phi) is 4.86. The molecule has 1 aromatic heterocycles. The van der Waals surface area contributed by atoms with Crippen LogP contribution in [0.5, 0.6) is 0 Å². The van der Waals surface area contributed by atoms with Gasteiger partial charge in [0.1, 0.15) is 18.4 Å². The number of hydrogen-bond acceptors (Lipinski definition) is 4. The van der Waals surface area contributed by atoms with Crippen molar-refractivity contribution in [2.45, 2.75) is 63.0 Å². The van der Waals surface area contributed by atoms with Crippen LogP contribution in [0.4, 0.5) is 0 Å². The Bertz CT molecular complexity index is 692. The van der Waals surface area contributed by atoms with Crippen molar-refractivity contribution in [3.05, 3.63) is 47.5 Å². The minimum atomic E-state index is -0.0793. The van der Waals surface area contributed by atoms with Crippen LogP contribution in [0.1, 0.15) is 55.7 Å². The molecule has 25 heavy (non-hydrogen) atoms. The first kappa shape index (κ1) is 16.7. The number of nitrogens with zero attached hydrogens (tertiary/aromatic N) is 3. The van der Waals surface area contributed by atoms with Gasteiger partial charge in [0.25, 0.3) is 0 Å². The van der Waals surface area contributed by atoms with E-state index in [1.165, 1.54) is 31.2 Å². The van der Waals surface area contributed by atoms with E-state index in [0.717, 1.165) is 37.5 Å². The molecule has 134 valence electrons. The average Bonchev–Trinajstić information content (AvgIpc) is 2.97. The van der Waals surface area contributed by atoms with Gasteiger partial charge in [-0.2, -0.15) is 0 Å². The summed E-state index contributed by atoms with van der Waals surface area (Å²) in [5.41, 5.74) is 1.24. The Morgan fingerprint density at radius 2 is 1.88 bits per heavy atom. The van der Waals surface area contributed by atoms with Crippen molar-refractivity contribution in [1.29, 1.82) is 0 Å². The molecule has 5 nitrogen and oxygen atoms in total. The Hall–Kier alpha value is -1.72. The smallest absolute Gasteiger partial charge is 0.146 e. The van der Waals surface area contributed by atoms with Crippen LogP contribution in [-0.2, 0) is 27.9 Å². The van der Waals surface area contributed by atoms with E-state index in [-0.39, 0.29) is 11.5 Å². The zero-order valence-corrected chi connectivity index (χ0v) is 15.0. The third-order valence-corrected chi connectivity index (χ3v) is 5.69. The number of fused-ring (bicyclic) bond motifs is 1. The summed E-state index contributed by atoms with van der Waals surface area (Å²) in [4.78, 5) is 0. The van der Waals surface area contributed by atoms with Crippen molar-refractivity contribution in [2.24, 2.45) is 0 Å². The number of ether oxygens (including phenoxy) is 2. The van der Waals surface area contributed by atoms with E-state index in [1.807, 2.05) is 0 Å². The van der Waals surface area contributed by atoms with Crippen molar-refractivity contribution in [3.8, 4) is 0 Å². The molecule has 1 aliphatic heterocycles. The molecule has 4 rings (SSSR count). The third kappa shape index (κ3) is 3.11. The monoisotopic (exact) mass is 341 g/mol. The second kappa shape index (κ2) is 7.26. The number of rotatable bonds is 5. The maximum Gasteiger partial charge on any atom is 0.146 e. The van der Waals surface area contributed by atoms with Crippen LogP contribution in [-0.4, -0.2) is 34.8 Å². The lowest BCUT2D eigenvalue weighted by atomic mass is 9.62. The lowest BCUT2D eigenvalue weighted by Crippen LogP contribution is -2.49. The number of methoxy groups -OCH3 is 1. The van der Waals surface area contributed by atoms with Gasteiger partial charge in [0.2, 0.25) is 0 Å². The summed E-state index contributed by atoms with van der Waals surface area (Å²) in [5.74, 6) is 2.29. The van der Waals surface area contributed by atoms with Crippen LogP contribution in [0.2, 0.25) is 0 Å². The molecule has 0 bridgehead atoms. The Labute approximate surface area is 149 Å². The summed E-state index contributed by atoms with van der Waals surface area (Å²) in [5, 5.41) is 9.26. The molecule has 1 aromatic carbocycles. The van der Waals surface area contributed by atoms with Crippen LogP contribution in [0.25, 0.3) is 0 Å². The van der Waals surface area contributed by atoms with Crippen LogP contribution < -0.4 is 0 Å². The summed E-state index contributed by atoms with van der Waals surface area (Å²) >= 11 is 0. The van der Waals surface area contributed by atoms with Gasteiger partial charge < -0.3 is 14.0 Å². The molecule has 1 fully saturated rings. The van der Waals surface area contributed by atoms with E-state index in [4.69, 9.17) is 14.6 Å². The van der Waals surface area contributed by atoms with Crippen molar-refractivity contribution < 1.29 is 9.47 Å². The molecule has 1 saturated carbocycles. The zero-order chi connectivity index (χ0) is 17.1. The van der Waals surface area contributed by atoms with Crippen molar-refractivity contribution in [3.63, 3.8) is 0 Å².